The molecule has 1 aromatic heterocycles. The Kier molecular flexibility index (Phi) is 4.20. The van der Waals surface area contributed by atoms with E-state index in [2.05, 4.69) is 15.4 Å². The van der Waals surface area contributed by atoms with E-state index in [0.717, 1.165) is 5.56 Å². The number of ether oxygens (including phenoxy) is 2. The van der Waals surface area contributed by atoms with Crippen molar-refractivity contribution < 1.29 is 13.9 Å². The maximum Gasteiger partial charge on any atom is 0.258 e. The zero-order valence-electron chi connectivity index (χ0n) is 11.3. The van der Waals surface area contributed by atoms with Crippen LogP contribution in [0.3, 0.4) is 0 Å². The molecule has 0 aliphatic rings. The van der Waals surface area contributed by atoms with Gasteiger partial charge < -0.3 is 9.47 Å². The van der Waals surface area contributed by atoms with E-state index in [0.29, 0.717) is 22.4 Å². The minimum atomic E-state index is -0.287. The highest BCUT2D eigenvalue weighted by Gasteiger charge is 2.07. The summed E-state index contributed by atoms with van der Waals surface area (Å²) in [4.78, 5) is 0. The predicted molar refractivity (Wildman–Crippen MR) is 78.6 cm³/mol. The van der Waals surface area contributed by atoms with Gasteiger partial charge in [-0.15, -0.1) is 5.10 Å². The number of nitrogens with one attached hydrogen (secondary N) is 1. The normalized spacial score (nSPS) is 10.5. The molecule has 5 nitrogen and oxygen atoms in total. The maximum absolute atomic E-state index is 12.9. The molecular formula is C15H11ClFN3O2. The van der Waals surface area contributed by atoms with Crippen molar-refractivity contribution >= 4 is 11.6 Å². The van der Waals surface area contributed by atoms with E-state index >= 15 is 0 Å². The average molecular weight is 320 g/mol. The first kappa shape index (κ1) is 14.3. The number of H-pyrrole nitrogens is 1. The third-order valence-electron chi connectivity index (χ3n) is 2.83. The van der Waals surface area contributed by atoms with Gasteiger partial charge in [-0.3, -0.25) is 0 Å². The summed E-state index contributed by atoms with van der Waals surface area (Å²) in [6.45, 7) is 0.271. The number of benzene rings is 2. The molecule has 112 valence electrons. The molecule has 0 fully saturated rings. The summed E-state index contributed by atoms with van der Waals surface area (Å²) in [6, 6.07) is 11.1. The maximum atomic E-state index is 12.9. The molecule has 7 heteroatoms. The molecule has 2 aromatic carbocycles. The second kappa shape index (κ2) is 6.44. The number of nitrogens with zero attached hydrogens (tertiary/aromatic N) is 2. The van der Waals surface area contributed by atoms with E-state index in [-0.39, 0.29) is 12.4 Å². The molecule has 1 N–H and O–H groups in total. The van der Waals surface area contributed by atoms with Crippen molar-refractivity contribution in [2.24, 2.45) is 0 Å². The molecule has 0 saturated carbocycles. The fourth-order valence-corrected chi connectivity index (χ4v) is 1.93. The Hall–Kier alpha value is -2.60. The van der Waals surface area contributed by atoms with Gasteiger partial charge in [-0.05, 0) is 29.8 Å². The number of hydrogen-bond donors (Lipinski definition) is 1. The summed E-state index contributed by atoms with van der Waals surface area (Å²) in [6.07, 6.45) is 1.45. The molecule has 1 heterocycles. The largest absolute Gasteiger partial charge is 0.487 e. The van der Waals surface area contributed by atoms with Crippen LogP contribution in [-0.2, 0) is 6.61 Å². The Balaban J connectivity index is 1.71. The Morgan fingerprint density at radius 1 is 1.14 bits per heavy atom. The first-order chi connectivity index (χ1) is 10.7. The molecule has 22 heavy (non-hydrogen) atoms. The third kappa shape index (κ3) is 3.53. The topological polar surface area (TPSA) is 60.0 Å². The summed E-state index contributed by atoms with van der Waals surface area (Å²) in [7, 11) is 0. The van der Waals surface area contributed by atoms with Crippen LogP contribution in [0.15, 0.2) is 48.7 Å². The molecule has 0 aliphatic heterocycles. The first-order valence-electron chi connectivity index (χ1n) is 6.41. The van der Waals surface area contributed by atoms with Gasteiger partial charge >= 0.3 is 0 Å². The van der Waals surface area contributed by atoms with E-state index in [4.69, 9.17) is 21.1 Å². The average Bonchev–Trinajstić information content (AvgIpc) is 3.02. The van der Waals surface area contributed by atoms with Crippen LogP contribution in [0.2, 0.25) is 5.02 Å². The minimum Gasteiger partial charge on any atom is -0.487 e. The Labute approximate surface area is 130 Å². The van der Waals surface area contributed by atoms with Gasteiger partial charge in [0.15, 0.2) is 0 Å². The van der Waals surface area contributed by atoms with Gasteiger partial charge in [0.1, 0.15) is 30.1 Å². The Morgan fingerprint density at radius 3 is 2.68 bits per heavy atom. The number of halogens is 2. The fraction of sp³-hybridized carbons (Fsp3) is 0.0667. The lowest BCUT2D eigenvalue weighted by molar-refractivity contribution is 0.304. The van der Waals surface area contributed by atoms with E-state index in [1.54, 1.807) is 30.3 Å². The highest BCUT2D eigenvalue weighted by Crippen LogP contribution is 2.31. The minimum absolute atomic E-state index is 0.271. The van der Waals surface area contributed by atoms with Gasteiger partial charge in [0.25, 0.3) is 5.88 Å². The summed E-state index contributed by atoms with van der Waals surface area (Å²) in [5.41, 5.74) is 0.834. The van der Waals surface area contributed by atoms with Crippen LogP contribution in [0.5, 0.6) is 17.4 Å². The molecule has 0 radical (unpaired) electrons. The fourth-order valence-electron chi connectivity index (χ4n) is 1.76. The summed E-state index contributed by atoms with van der Waals surface area (Å²) < 4.78 is 24.0. The van der Waals surface area contributed by atoms with Crippen LogP contribution in [0.4, 0.5) is 4.39 Å². The van der Waals surface area contributed by atoms with Crippen LogP contribution in [-0.4, -0.2) is 15.4 Å². The second-order valence-corrected chi connectivity index (χ2v) is 4.82. The zero-order valence-corrected chi connectivity index (χ0v) is 12.0. The van der Waals surface area contributed by atoms with Crippen LogP contribution in [0.1, 0.15) is 5.56 Å². The third-order valence-corrected chi connectivity index (χ3v) is 3.14. The van der Waals surface area contributed by atoms with Crippen LogP contribution in [0, 0.1) is 5.82 Å². The SMILES string of the molecule is Fc1ccc(COc2cc(Oc3cn[nH]n3)ccc2Cl)cc1. The molecular weight excluding hydrogens is 309 g/mol. The molecule has 0 unspecified atom stereocenters. The summed E-state index contributed by atoms with van der Waals surface area (Å²) >= 11 is 6.09. The predicted octanol–water partition coefficient (Wildman–Crippen LogP) is 3.97. The summed E-state index contributed by atoms with van der Waals surface area (Å²) in [5, 5.41) is 10.4. The highest BCUT2D eigenvalue weighted by molar-refractivity contribution is 6.32. The number of rotatable bonds is 5. The lowest BCUT2D eigenvalue weighted by atomic mass is 10.2. The van der Waals surface area contributed by atoms with Crippen molar-refractivity contribution in [1.29, 1.82) is 0 Å². The Morgan fingerprint density at radius 2 is 1.95 bits per heavy atom. The zero-order chi connectivity index (χ0) is 15.4. The standard InChI is InChI=1S/C15H11ClFN3O2/c16-13-6-5-12(22-15-8-18-20-19-15)7-14(13)21-9-10-1-3-11(17)4-2-10/h1-8H,9H2,(H,18,19,20). The number of aromatic amines is 1. The van der Waals surface area contributed by atoms with Crippen LogP contribution in [0.25, 0.3) is 0 Å². The Bertz CT molecular complexity index is 748. The van der Waals surface area contributed by atoms with Crippen molar-refractivity contribution in [3.63, 3.8) is 0 Å². The number of hydrogen-bond acceptors (Lipinski definition) is 4. The van der Waals surface area contributed by atoms with E-state index in [1.165, 1.54) is 18.3 Å². The quantitative estimate of drug-likeness (QED) is 0.773. The van der Waals surface area contributed by atoms with Gasteiger partial charge in [0.2, 0.25) is 0 Å². The number of aromatic nitrogens is 3. The van der Waals surface area contributed by atoms with Crippen LogP contribution >= 0.6 is 11.6 Å². The molecule has 0 atom stereocenters. The summed E-state index contributed by atoms with van der Waals surface area (Å²) in [5.74, 6) is 1.04. The first-order valence-corrected chi connectivity index (χ1v) is 6.79. The molecule has 0 aliphatic carbocycles. The van der Waals surface area contributed by atoms with Gasteiger partial charge in [-0.2, -0.15) is 10.3 Å². The van der Waals surface area contributed by atoms with Gasteiger partial charge in [0, 0.05) is 6.07 Å². The van der Waals surface area contributed by atoms with E-state index in [1.807, 2.05) is 0 Å². The van der Waals surface area contributed by atoms with Crippen molar-refractivity contribution in [3.8, 4) is 17.4 Å². The van der Waals surface area contributed by atoms with Crippen molar-refractivity contribution in [3.05, 3.63) is 65.1 Å². The molecule has 3 aromatic rings. The van der Waals surface area contributed by atoms with Gasteiger partial charge in [-0.25, -0.2) is 4.39 Å². The highest BCUT2D eigenvalue weighted by atomic mass is 35.5. The molecule has 0 amide bonds. The van der Waals surface area contributed by atoms with Crippen molar-refractivity contribution in [1.82, 2.24) is 15.4 Å². The molecule has 0 bridgehead atoms. The molecule has 3 rings (SSSR count). The smallest absolute Gasteiger partial charge is 0.258 e. The van der Waals surface area contributed by atoms with E-state index in [9.17, 15) is 4.39 Å². The van der Waals surface area contributed by atoms with Gasteiger partial charge in [0.05, 0.1) is 5.02 Å². The van der Waals surface area contributed by atoms with Crippen molar-refractivity contribution in [2.75, 3.05) is 0 Å². The van der Waals surface area contributed by atoms with Crippen LogP contribution < -0.4 is 9.47 Å². The van der Waals surface area contributed by atoms with Gasteiger partial charge in [-0.1, -0.05) is 23.7 Å². The molecule has 0 saturated heterocycles. The lowest BCUT2D eigenvalue weighted by Crippen LogP contribution is -1.96. The molecule has 0 spiro atoms. The monoisotopic (exact) mass is 319 g/mol. The lowest BCUT2D eigenvalue weighted by Gasteiger charge is -2.10. The van der Waals surface area contributed by atoms with Crippen molar-refractivity contribution in [2.45, 2.75) is 6.61 Å². The second-order valence-electron chi connectivity index (χ2n) is 4.42. The van der Waals surface area contributed by atoms with E-state index < -0.39 is 0 Å².